The molecule has 3 heteroatoms. The van der Waals surface area contributed by atoms with Gasteiger partial charge in [-0.2, -0.15) is 0 Å². The molecular formula is C17H37NO2. The number of aliphatic hydroxyl groups is 2. The fraction of sp³-hybridized carbons (Fsp3) is 1.00. The van der Waals surface area contributed by atoms with Crippen molar-refractivity contribution in [3.63, 3.8) is 0 Å². The number of rotatable bonds is 15. The van der Waals surface area contributed by atoms with Crippen LogP contribution >= 0.6 is 0 Å². The summed E-state index contributed by atoms with van der Waals surface area (Å²) in [7, 11) is 1.98. The maximum Gasteiger partial charge on any atom is 0.0586 e. The van der Waals surface area contributed by atoms with Crippen molar-refractivity contribution in [3.05, 3.63) is 0 Å². The Balaban J connectivity index is 3.33. The fourth-order valence-electron chi connectivity index (χ4n) is 2.66. The number of hydrogen-bond donors (Lipinski definition) is 2. The third kappa shape index (κ3) is 11.7. The van der Waals surface area contributed by atoms with Crippen LogP contribution in [-0.4, -0.2) is 48.0 Å². The predicted molar refractivity (Wildman–Crippen MR) is 87.1 cm³/mol. The lowest BCUT2D eigenvalue weighted by Crippen LogP contribution is -2.36. The lowest BCUT2D eigenvalue weighted by atomic mass is 10.0. The highest BCUT2D eigenvalue weighted by Gasteiger charge is 2.12. The normalized spacial score (nSPS) is 13.1. The second kappa shape index (κ2) is 15.3. The van der Waals surface area contributed by atoms with E-state index in [0.29, 0.717) is 6.54 Å². The van der Waals surface area contributed by atoms with Gasteiger partial charge >= 0.3 is 0 Å². The zero-order valence-electron chi connectivity index (χ0n) is 13.8. The Hall–Kier alpha value is -0.120. The first-order chi connectivity index (χ1) is 9.76. The van der Waals surface area contributed by atoms with Gasteiger partial charge in [-0.15, -0.1) is 0 Å². The second-order valence-corrected chi connectivity index (χ2v) is 6.01. The van der Waals surface area contributed by atoms with Crippen LogP contribution in [0.4, 0.5) is 0 Å². The zero-order chi connectivity index (χ0) is 15.1. The standard InChI is InChI=1S/C17H37NO2/c1-3-4-5-6-7-8-9-10-11-12-13-17(16-20)18(2)14-15-19/h17,19-20H,3-16H2,1-2H3. The lowest BCUT2D eigenvalue weighted by Gasteiger charge is -2.25. The van der Waals surface area contributed by atoms with Crippen LogP contribution in [0, 0.1) is 0 Å². The lowest BCUT2D eigenvalue weighted by molar-refractivity contribution is 0.117. The number of nitrogens with zero attached hydrogens (tertiary/aromatic N) is 1. The first kappa shape index (κ1) is 19.9. The molecule has 0 fully saturated rings. The number of hydrogen-bond acceptors (Lipinski definition) is 3. The molecular weight excluding hydrogens is 250 g/mol. The second-order valence-electron chi connectivity index (χ2n) is 6.01. The van der Waals surface area contributed by atoms with E-state index in [2.05, 4.69) is 11.8 Å². The molecule has 0 saturated carbocycles. The molecule has 2 N–H and O–H groups in total. The summed E-state index contributed by atoms with van der Waals surface area (Å²) in [6.45, 7) is 3.29. The van der Waals surface area contributed by atoms with Crippen LogP contribution in [0.1, 0.15) is 77.6 Å². The van der Waals surface area contributed by atoms with E-state index in [1.165, 1.54) is 64.2 Å². The molecule has 0 spiro atoms. The van der Waals surface area contributed by atoms with Crippen LogP contribution in [0.25, 0.3) is 0 Å². The minimum atomic E-state index is 0.172. The maximum atomic E-state index is 9.34. The highest BCUT2D eigenvalue weighted by atomic mass is 16.3. The highest BCUT2D eigenvalue weighted by molar-refractivity contribution is 4.67. The van der Waals surface area contributed by atoms with Crippen molar-refractivity contribution < 1.29 is 10.2 Å². The average Bonchev–Trinajstić information content (AvgIpc) is 2.45. The first-order valence-electron chi connectivity index (χ1n) is 8.68. The number of likely N-dealkylation sites (N-methyl/N-ethyl adjacent to an activating group) is 1. The van der Waals surface area contributed by atoms with E-state index in [-0.39, 0.29) is 19.3 Å². The maximum absolute atomic E-state index is 9.34. The minimum Gasteiger partial charge on any atom is -0.395 e. The van der Waals surface area contributed by atoms with Gasteiger partial charge in [0, 0.05) is 12.6 Å². The SMILES string of the molecule is CCCCCCCCCCCCC(CO)N(C)CCO. The van der Waals surface area contributed by atoms with E-state index in [1.807, 2.05) is 7.05 Å². The molecule has 1 unspecified atom stereocenters. The summed E-state index contributed by atoms with van der Waals surface area (Å²) in [5.41, 5.74) is 0. The molecule has 0 aromatic rings. The number of unbranched alkanes of at least 4 members (excludes halogenated alkanes) is 9. The molecule has 0 rings (SSSR count). The summed E-state index contributed by atoms with van der Waals surface area (Å²) in [5, 5.41) is 18.2. The predicted octanol–water partition coefficient (Wildman–Crippen LogP) is 3.58. The van der Waals surface area contributed by atoms with Gasteiger partial charge in [0.1, 0.15) is 0 Å². The quantitative estimate of drug-likeness (QED) is 0.452. The van der Waals surface area contributed by atoms with Crippen molar-refractivity contribution in [2.45, 2.75) is 83.6 Å². The van der Waals surface area contributed by atoms with E-state index in [1.54, 1.807) is 0 Å². The van der Waals surface area contributed by atoms with Gasteiger partial charge in [-0.05, 0) is 13.5 Å². The van der Waals surface area contributed by atoms with Gasteiger partial charge in [-0.1, -0.05) is 71.1 Å². The van der Waals surface area contributed by atoms with Crippen LogP contribution in [0.15, 0.2) is 0 Å². The van der Waals surface area contributed by atoms with Crippen molar-refractivity contribution in [1.29, 1.82) is 0 Å². The Morgan fingerprint density at radius 2 is 1.30 bits per heavy atom. The molecule has 0 amide bonds. The molecule has 0 aromatic heterocycles. The van der Waals surface area contributed by atoms with Gasteiger partial charge in [-0.3, -0.25) is 4.90 Å². The molecule has 0 aliphatic heterocycles. The first-order valence-corrected chi connectivity index (χ1v) is 8.68. The topological polar surface area (TPSA) is 43.7 Å². The van der Waals surface area contributed by atoms with E-state index >= 15 is 0 Å². The van der Waals surface area contributed by atoms with Crippen molar-refractivity contribution in [3.8, 4) is 0 Å². The average molecular weight is 287 g/mol. The highest BCUT2D eigenvalue weighted by Crippen LogP contribution is 2.13. The molecule has 0 aromatic carbocycles. The molecule has 0 saturated heterocycles. The zero-order valence-corrected chi connectivity index (χ0v) is 13.8. The van der Waals surface area contributed by atoms with Gasteiger partial charge in [0.15, 0.2) is 0 Å². The van der Waals surface area contributed by atoms with E-state index in [0.717, 1.165) is 6.42 Å². The summed E-state index contributed by atoms with van der Waals surface area (Å²) in [6, 6.07) is 0.219. The summed E-state index contributed by atoms with van der Waals surface area (Å²) >= 11 is 0. The Labute approximate surface area is 126 Å². The van der Waals surface area contributed by atoms with Gasteiger partial charge in [0.05, 0.1) is 13.2 Å². The van der Waals surface area contributed by atoms with Crippen molar-refractivity contribution in [2.75, 3.05) is 26.8 Å². The Kier molecular flexibility index (Phi) is 15.2. The summed E-state index contributed by atoms with van der Waals surface area (Å²) < 4.78 is 0. The van der Waals surface area contributed by atoms with Gasteiger partial charge in [0.2, 0.25) is 0 Å². The molecule has 122 valence electrons. The molecule has 0 aliphatic carbocycles. The number of aliphatic hydroxyl groups excluding tert-OH is 2. The summed E-state index contributed by atoms with van der Waals surface area (Å²) in [5.74, 6) is 0. The molecule has 0 aliphatic rings. The van der Waals surface area contributed by atoms with E-state index in [9.17, 15) is 5.11 Å². The van der Waals surface area contributed by atoms with Crippen LogP contribution in [0.5, 0.6) is 0 Å². The molecule has 3 nitrogen and oxygen atoms in total. The largest absolute Gasteiger partial charge is 0.395 e. The molecule has 1 atom stereocenters. The van der Waals surface area contributed by atoms with Gasteiger partial charge in [0.25, 0.3) is 0 Å². The summed E-state index contributed by atoms with van der Waals surface area (Å²) in [4.78, 5) is 2.06. The fourth-order valence-corrected chi connectivity index (χ4v) is 2.66. The van der Waals surface area contributed by atoms with Crippen molar-refractivity contribution in [1.82, 2.24) is 4.90 Å². The third-order valence-electron chi connectivity index (χ3n) is 4.18. The molecule has 0 radical (unpaired) electrons. The Morgan fingerprint density at radius 3 is 1.75 bits per heavy atom. The Bertz CT molecular complexity index is 188. The van der Waals surface area contributed by atoms with Crippen LogP contribution in [0.3, 0.4) is 0 Å². The van der Waals surface area contributed by atoms with Crippen molar-refractivity contribution >= 4 is 0 Å². The van der Waals surface area contributed by atoms with E-state index < -0.39 is 0 Å². The van der Waals surface area contributed by atoms with Gasteiger partial charge in [-0.25, -0.2) is 0 Å². The smallest absolute Gasteiger partial charge is 0.0586 e. The minimum absolute atomic E-state index is 0.172. The molecule has 0 heterocycles. The monoisotopic (exact) mass is 287 g/mol. The van der Waals surface area contributed by atoms with Crippen LogP contribution < -0.4 is 0 Å². The summed E-state index contributed by atoms with van der Waals surface area (Å²) in [6.07, 6.45) is 14.5. The van der Waals surface area contributed by atoms with Crippen LogP contribution in [0.2, 0.25) is 0 Å². The molecule has 20 heavy (non-hydrogen) atoms. The molecule has 0 bridgehead atoms. The van der Waals surface area contributed by atoms with E-state index in [4.69, 9.17) is 5.11 Å². The van der Waals surface area contributed by atoms with Crippen LogP contribution in [-0.2, 0) is 0 Å². The Morgan fingerprint density at radius 1 is 0.800 bits per heavy atom. The van der Waals surface area contributed by atoms with Gasteiger partial charge < -0.3 is 10.2 Å². The third-order valence-corrected chi connectivity index (χ3v) is 4.18. The van der Waals surface area contributed by atoms with Crippen molar-refractivity contribution in [2.24, 2.45) is 0 Å².